The highest BCUT2D eigenvalue weighted by molar-refractivity contribution is 6.30. The molecule has 0 amide bonds. The fourth-order valence-electron chi connectivity index (χ4n) is 2.71. The van der Waals surface area contributed by atoms with Crippen molar-refractivity contribution in [3.63, 3.8) is 0 Å². The third-order valence-corrected chi connectivity index (χ3v) is 3.89. The van der Waals surface area contributed by atoms with Crippen molar-refractivity contribution in [1.82, 2.24) is 4.98 Å². The highest BCUT2D eigenvalue weighted by Gasteiger charge is 2.32. The molecule has 0 saturated carbocycles. The molecule has 1 heterocycles. The zero-order chi connectivity index (χ0) is 13.4. The van der Waals surface area contributed by atoms with E-state index in [0.29, 0.717) is 5.02 Å². The molecule has 0 fully saturated rings. The Morgan fingerprint density at radius 3 is 3.05 bits per heavy atom. The molecule has 1 aliphatic carbocycles. The predicted molar refractivity (Wildman–Crippen MR) is 71.7 cm³/mol. The number of halogens is 2. The van der Waals surface area contributed by atoms with Gasteiger partial charge in [-0.05, 0) is 42.7 Å². The quantitative estimate of drug-likeness (QED) is 0.909. The lowest BCUT2D eigenvalue weighted by molar-refractivity contribution is 0.139. The maximum Gasteiger partial charge on any atom is 0.129 e. The Morgan fingerprint density at radius 1 is 1.37 bits per heavy atom. The van der Waals surface area contributed by atoms with Crippen LogP contribution >= 0.6 is 11.6 Å². The average Bonchev–Trinajstić information content (AvgIpc) is 2.84. The van der Waals surface area contributed by atoms with Crippen LogP contribution in [0.4, 0.5) is 4.39 Å². The van der Waals surface area contributed by atoms with Gasteiger partial charge >= 0.3 is 0 Å². The molecular formula is C15H13ClFNO. The summed E-state index contributed by atoms with van der Waals surface area (Å²) in [6.45, 7) is 0. The van der Waals surface area contributed by atoms with E-state index in [1.165, 1.54) is 18.2 Å². The summed E-state index contributed by atoms with van der Waals surface area (Å²) in [5.74, 6) is -0.592. The van der Waals surface area contributed by atoms with Gasteiger partial charge in [0.1, 0.15) is 5.82 Å². The molecule has 0 saturated heterocycles. The molecule has 3 rings (SSSR count). The molecule has 1 aromatic carbocycles. The smallest absolute Gasteiger partial charge is 0.129 e. The number of aliphatic hydroxyl groups is 1. The van der Waals surface area contributed by atoms with E-state index in [-0.39, 0.29) is 11.5 Å². The monoisotopic (exact) mass is 277 g/mol. The second-order valence-corrected chi connectivity index (χ2v) is 5.24. The van der Waals surface area contributed by atoms with Gasteiger partial charge in [-0.3, -0.25) is 4.98 Å². The van der Waals surface area contributed by atoms with Crippen LogP contribution in [0.5, 0.6) is 0 Å². The topological polar surface area (TPSA) is 33.1 Å². The first-order chi connectivity index (χ1) is 9.16. The average molecular weight is 278 g/mol. The molecule has 2 unspecified atom stereocenters. The number of rotatable bonds is 2. The fourth-order valence-corrected chi connectivity index (χ4v) is 2.89. The van der Waals surface area contributed by atoms with E-state index in [4.69, 9.17) is 11.6 Å². The summed E-state index contributed by atoms with van der Waals surface area (Å²) in [5.41, 5.74) is 2.25. The molecule has 0 radical (unpaired) electrons. The van der Waals surface area contributed by atoms with Crippen LogP contribution in [0.3, 0.4) is 0 Å². The van der Waals surface area contributed by atoms with Gasteiger partial charge in [-0.2, -0.15) is 0 Å². The van der Waals surface area contributed by atoms with E-state index in [0.717, 1.165) is 24.1 Å². The Balaban J connectivity index is 1.97. The molecule has 2 nitrogen and oxygen atoms in total. The Kier molecular flexibility index (Phi) is 3.25. The van der Waals surface area contributed by atoms with Crippen molar-refractivity contribution in [2.75, 3.05) is 0 Å². The van der Waals surface area contributed by atoms with Crippen molar-refractivity contribution in [2.24, 2.45) is 0 Å². The zero-order valence-electron chi connectivity index (χ0n) is 10.2. The standard InChI is InChI=1S/C15H13ClFNO/c16-10-4-6-13(17)12(8-10)15(19)11-5-3-9-2-1-7-18-14(9)11/h1-2,4,6-8,11,15,19H,3,5H2. The van der Waals surface area contributed by atoms with Gasteiger partial charge in [0, 0.05) is 28.4 Å². The first kappa shape index (κ1) is 12.6. The molecule has 1 aliphatic rings. The van der Waals surface area contributed by atoms with E-state index in [1.54, 1.807) is 6.20 Å². The lowest BCUT2D eigenvalue weighted by Crippen LogP contribution is -2.11. The van der Waals surface area contributed by atoms with E-state index in [1.807, 2.05) is 12.1 Å². The molecule has 2 atom stereocenters. The Labute approximate surface area is 115 Å². The number of hydrogen-bond donors (Lipinski definition) is 1. The van der Waals surface area contributed by atoms with Crippen molar-refractivity contribution in [2.45, 2.75) is 24.9 Å². The summed E-state index contributed by atoms with van der Waals surface area (Å²) < 4.78 is 13.8. The van der Waals surface area contributed by atoms with E-state index in [9.17, 15) is 9.50 Å². The zero-order valence-corrected chi connectivity index (χ0v) is 10.9. The van der Waals surface area contributed by atoms with Gasteiger partial charge in [0.05, 0.1) is 6.10 Å². The number of aromatic nitrogens is 1. The Bertz CT molecular complexity index is 617. The van der Waals surface area contributed by atoms with Gasteiger partial charge in [0.25, 0.3) is 0 Å². The summed E-state index contributed by atoms with van der Waals surface area (Å²) in [5, 5.41) is 10.9. The van der Waals surface area contributed by atoms with Crippen molar-refractivity contribution in [3.8, 4) is 0 Å². The Hall–Kier alpha value is -1.45. The van der Waals surface area contributed by atoms with Crippen LogP contribution in [-0.4, -0.2) is 10.1 Å². The largest absolute Gasteiger partial charge is 0.388 e. The maximum atomic E-state index is 13.8. The van der Waals surface area contributed by atoms with Crippen LogP contribution in [0.25, 0.3) is 0 Å². The van der Waals surface area contributed by atoms with Crippen LogP contribution in [0.15, 0.2) is 36.5 Å². The molecule has 4 heteroatoms. The van der Waals surface area contributed by atoms with E-state index < -0.39 is 11.9 Å². The summed E-state index contributed by atoms with van der Waals surface area (Å²) in [6, 6.07) is 8.14. The summed E-state index contributed by atoms with van der Waals surface area (Å²) in [4.78, 5) is 4.32. The van der Waals surface area contributed by atoms with Gasteiger partial charge in [0.15, 0.2) is 0 Å². The molecule has 0 bridgehead atoms. The number of aryl methyl sites for hydroxylation is 1. The van der Waals surface area contributed by atoms with Crippen molar-refractivity contribution in [3.05, 3.63) is 64.2 Å². The summed E-state index contributed by atoms with van der Waals surface area (Å²) in [7, 11) is 0. The maximum absolute atomic E-state index is 13.8. The van der Waals surface area contributed by atoms with Crippen LogP contribution in [0.2, 0.25) is 5.02 Å². The highest BCUT2D eigenvalue weighted by Crippen LogP contribution is 2.41. The number of nitrogens with zero attached hydrogens (tertiary/aromatic N) is 1. The van der Waals surface area contributed by atoms with Crippen LogP contribution in [0, 0.1) is 5.82 Å². The SMILES string of the molecule is OC(c1cc(Cl)ccc1F)C1CCc2cccnc21. The lowest BCUT2D eigenvalue weighted by atomic mass is 9.93. The van der Waals surface area contributed by atoms with Gasteiger partial charge in [0.2, 0.25) is 0 Å². The van der Waals surface area contributed by atoms with Gasteiger partial charge in [-0.15, -0.1) is 0 Å². The molecule has 0 spiro atoms. The minimum Gasteiger partial charge on any atom is -0.388 e. The molecule has 0 aliphatic heterocycles. The highest BCUT2D eigenvalue weighted by atomic mass is 35.5. The minimum atomic E-state index is -0.908. The summed E-state index contributed by atoms with van der Waals surface area (Å²) >= 11 is 5.87. The van der Waals surface area contributed by atoms with E-state index in [2.05, 4.69) is 4.98 Å². The minimum absolute atomic E-state index is 0.163. The molecule has 1 N–H and O–H groups in total. The molecule has 19 heavy (non-hydrogen) atoms. The molecule has 98 valence electrons. The number of hydrogen-bond acceptors (Lipinski definition) is 2. The second-order valence-electron chi connectivity index (χ2n) is 4.80. The lowest BCUT2D eigenvalue weighted by Gasteiger charge is -2.19. The normalized spacial score (nSPS) is 19.2. The first-order valence-corrected chi connectivity index (χ1v) is 6.61. The van der Waals surface area contributed by atoms with Crippen LogP contribution in [-0.2, 0) is 6.42 Å². The molecular weight excluding hydrogens is 265 g/mol. The van der Waals surface area contributed by atoms with Gasteiger partial charge < -0.3 is 5.11 Å². The number of fused-ring (bicyclic) bond motifs is 1. The predicted octanol–water partition coefficient (Wildman–Crippen LogP) is 3.64. The first-order valence-electron chi connectivity index (χ1n) is 6.23. The molecule has 1 aromatic heterocycles. The summed E-state index contributed by atoms with van der Waals surface area (Å²) in [6.07, 6.45) is 2.44. The third kappa shape index (κ3) is 2.24. The van der Waals surface area contributed by atoms with Crippen molar-refractivity contribution >= 4 is 11.6 Å². The van der Waals surface area contributed by atoms with Crippen molar-refractivity contribution in [1.29, 1.82) is 0 Å². The van der Waals surface area contributed by atoms with Crippen molar-refractivity contribution < 1.29 is 9.50 Å². The number of benzene rings is 1. The molecule has 2 aromatic rings. The number of pyridine rings is 1. The van der Waals surface area contributed by atoms with E-state index >= 15 is 0 Å². The van der Waals surface area contributed by atoms with Crippen LogP contribution < -0.4 is 0 Å². The fraction of sp³-hybridized carbons (Fsp3) is 0.267. The number of aliphatic hydroxyl groups excluding tert-OH is 1. The third-order valence-electron chi connectivity index (χ3n) is 3.66. The van der Waals surface area contributed by atoms with Gasteiger partial charge in [-0.1, -0.05) is 17.7 Å². The van der Waals surface area contributed by atoms with Crippen LogP contribution in [0.1, 0.15) is 35.3 Å². The second kappa shape index (κ2) is 4.91. The van der Waals surface area contributed by atoms with Gasteiger partial charge in [-0.25, -0.2) is 4.39 Å². The Morgan fingerprint density at radius 2 is 2.21 bits per heavy atom.